The largest absolute Gasteiger partial charge is 0.378 e. The van der Waals surface area contributed by atoms with Crippen molar-refractivity contribution >= 4 is 11.6 Å². The highest BCUT2D eigenvalue weighted by atomic mass is 16.5. The van der Waals surface area contributed by atoms with Crippen molar-refractivity contribution in [3.05, 3.63) is 11.9 Å². The van der Waals surface area contributed by atoms with Gasteiger partial charge in [0, 0.05) is 31.7 Å². The van der Waals surface area contributed by atoms with Crippen LogP contribution in [0.15, 0.2) is 6.07 Å². The molecule has 19 heavy (non-hydrogen) atoms. The number of rotatable bonds is 6. The number of hydrogen-bond donors (Lipinski definition) is 2. The van der Waals surface area contributed by atoms with E-state index in [1.165, 1.54) is 0 Å². The van der Waals surface area contributed by atoms with Crippen molar-refractivity contribution in [1.29, 1.82) is 0 Å². The fourth-order valence-electron chi connectivity index (χ4n) is 2.28. The van der Waals surface area contributed by atoms with Crippen LogP contribution in [0.2, 0.25) is 0 Å². The molecular weight excluding hydrogens is 240 g/mol. The first kappa shape index (κ1) is 14.1. The zero-order valence-corrected chi connectivity index (χ0v) is 12.1. The predicted molar refractivity (Wildman–Crippen MR) is 77.6 cm³/mol. The Balaban J connectivity index is 1.93. The number of hydrogen-bond acceptors (Lipinski definition) is 5. The van der Waals surface area contributed by atoms with Crippen LogP contribution in [0.3, 0.4) is 0 Å². The highest BCUT2D eigenvalue weighted by Gasteiger charge is 2.23. The van der Waals surface area contributed by atoms with E-state index in [9.17, 15) is 0 Å². The summed E-state index contributed by atoms with van der Waals surface area (Å²) >= 11 is 0. The zero-order valence-electron chi connectivity index (χ0n) is 12.1. The molecule has 1 fully saturated rings. The van der Waals surface area contributed by atoms with Crippen LogP contribution < -0.4 is 10.6 Å². The second kappa shape index (κ2) is 6.70. The van der Waals surface area contributed by atoms with Gasteiger partial charge >= 0.3 is 0 Å². The molecule has 0 aliphatic carbocycles. The van der Waals surface area contributed by atoms with E-state index in [0.29, 0.717) is 12.0 Å². The lowest BCUT2D eigenvalue weighted by Gasteiger charge is -2.16. The van der Waals surface area contributed by atoms with Gasteiger partial charge in [0.2, 0.25) is 0 Å². The molecular formula is C14H24N4O. The minimum atomic E-state index is 0.341. The van der Waals surface area contributed by atoms with Crippen LogP contribution in [-0.2, 0) is 4.74 Å². The van der Waals surface area contributed by atoms with Crippen molar-refractivity contribution in [2.24, 2.45) is 5.92 Å². The molecule has 0 aromatic carbocycles. The molecule has 1 aliphatic rings. The van der Waals surface area contributed by atoms with Crippen molar-refractivity contribution in [3.63, 3.8) is 0 Å². The molecule has 1 aliphatic heterocycles. The fraction of sp³-hybridized carbons (Fsp3) is 0.714. The molecule has 106 valence electrons. The minimum Gasteiger partial charge on any atom is -0.378 e. The van der Waals surface area contributed by atoms with Crippen molar-refractivity contribution in [3.8, 4) is 0 Å². The minimum absolute atomic E-state index is 0.341. The van der Waals surface area contributed by atoms with Gasteiger partial charge in [-0.05, 0) is 26.7 Å². The summed E-state index contributed by atoms with van der Waals surface area (Å²) in [6.07, 6.45) is 2.55. The standard InChI is InChI=1S/C14H24N4O/c1-4-6-15-13-8-14(18-11(3)17-13)16-9-12-5-7-19-10(12)2/h8,10,12H,4-7,9H2,1-3H3,(H2,15,16,17,18). The van der Waals surface area contributed by atoms with Gasteiger partial charge in [0.05, 0.1) is 6.10 Å². The Hall–Kier alpha value is -1.36. The molecule has 0 amide bonds. The maximum Gasteiger partial charge on any atom is 0.131 e. The van der Waals surface area contributed by atoms with E-state index < -0.39 is 0 Å². The van der Waals surface area contributed by atoms with E-state index in [4.69, 9.17) is 4.74 Å². The molecule has 0 spiro atoms. The molecule has 2 atom stereocenters. The number of nitrogens with one attached hydrogen (secondary N) is 2. The average molecular weight is 264 g/mol. The number of ether oxygens (including phenoxy) is 1. The van der Waals surface area contributed by atoms with E-state index in [0.717, 1.165) is 50.0 Å². The van der Waals surface area contributed by atoms with Crippen molar-refractivity contribution in [1.82, 2.24) is 9.97 Å². The Bertz CT molecular complexity index is 410. The zero-order chi connectivity index (χ0) is 13.7. The Labute approximate surface area is 115 Å². The molecule has 0 saturated carbocycles. The number of anilines is 2. The fourth-order valence-corrected chi connectivity index (χ4v) is 2.28. The van der Waals surface area contributed by atoms with Gasteiger partial charge in [-0.2, -0.15) is 0 Å². The number of nitrogens with zero attached hydrogens (tertiary/aromatic N) is 2. The first-order valence-corrected chi connectivity index (χ1v) is 7.14. The van der Waals surface area contributed by atoms with Gasteiger partial charge < -0.3 is 15.4 Å². The van der Waals surface area contributed by atoms with E-state index in [1.807, 2.05) is 13.0 Å². The Morgan fingerprint density at radius 1 is 1.32 bits per heavy atom. The van der Waals surface area contributed by atoms with Gasteiger partial charge in [-0.25, -0.2) is 9.97 Å². The summed E-state index contributed by atoms with van der Waals surface area (Å²) in [6.45, 7) is 8.91. The third-order valence-electron chi connectivity index (χ3n) is 3.47. The first-order valence-electron chi connectivity index (χ1n) is 7.14. The summed E-state index contributed by atoms with van der Waals surface area (Å²) in [5.74, 6) is 3.15. The highest BCUT2D eigenvalue weighted by Crippen LogP contribution is 2.21. The van der Waals surface area contributed by atoms with Crippen LogP contribution in [0.1, 0.15) is 32.5 Å². The van der Waals surface area contributed by atoms with E-state index in [2.05, 4.69) is 34.4 Å². The molecule has 0 bridgehead atoms. The molecule has 1 aromatic heterocycles. The third kappa shape index (κ3) is 4.06. The van der Waals surface area contributed by atoms with Gasteiger partial charge in [0.25, 0.3) is 0 Å². The van der Waals surface area contributed by atoms with E-state index >= 15 is 0 Å². The lowest BCUT2D eigenvalue weighted by Crippen LogP contribution is -2.21. The van der Waals surface area contributed by atoms with E-state index in [1.54, 1.807) is 0 Å². The quantitative estimate of drug-likeness (QED) is 0.826. The van der Waals surface area contributed by atoms with Crippen molar-refractivity contribution < 1.29 is 4.74 Å². The van der Waals surface area contributed by atoms with Gasteiger partial charge in [-0.1, -0.05) is 6.92 Å². The molecule has 1 saturated heterocycles. The highest BCUT2D eigenvalue weighted by molar-refractivity contribution is 5.47. The normalized spacial score (nSPS) is 22.5. The summed E-state index contributed by atoms with van der Waals surface area (Å²) in [6, 6.07) is 1.98. The van der Waals surface area contributed by atoms with Crippen LogP contribution in [0.5, 0.6) is 0 Å². The molecule has 2 unspecified atom stereocenters. The van der Waals surface area contributed by atoms with Crippen LogP contribution in [0, 0.1) is 12.8 Å². The van der Waals surface area contributed by atoms with Gasteiger partial charge in [-0.15, -0.1) is 0 Å². The smallest absolute Gasteiger partial charge is 0.131 e. The Morgan fingerprint density at radius 3 is 2.68 bits per heavy atom. The Kier molecular flexibility index (Phi) is 4.96. The van der Waals surface area contributed by atoms with Crippen LogP contribution >= 0.6 is 0 Å². The summed E-state index contributed by atoms with van der Waals surface area (Å²) in [7, 11) is 0. The van der Waals surface area contributed by atoms with Crippen LogP contribution in [-0.4, -0.2) is 35.8 Å². The second-order valence-electron chi connectivity index (χ2n) is 5.12. The predicted octanol–water partition coefficient (Wildman–Crippen LogP) is 2.44. The second-order valence-corrected chi connectivity index (χ2v) is 5.12. The molecule has 2 N–H and O–H groups in total. The lowest BCUT2D eigenvalue weighted by molar-refractivity contribution is 0.108. The molecule has 5 heteroatoms. The molecule has 2 rings (SSSR count). The van der Waals surface area contributed by atoms with Gasteiger partial charge in [0.15, 0.2) is 0 Å². The van der Waals surface area contributed by atoms with Crippen molar-refractivity contribution in [2.45, 2.75) is 39.7 Å². The monoisotopic (exact) mass is 264 g/mol. The first-order chi connectivity index (χ1) is 9.19. The maximum atomic E-state index is 5.57. The average Bonchev–Trinajstić information content (AvgIpc) is 2.79. The molecule has 1 aromatic rings. The molecule has 0 radical (unpaired) electrons. The SMILES string of the molecule is CCCNc1cc(NCC2CCOC2C)nc(C)n1. The Morgan fingerprint density at radius 2 is 2.05 bits per heavy atom. The number of aryl methyl sites for hydroxylation is 1. The molecule has 5 nitrogen and oxygen atoms in total. The van der Waals surface area contributed by atoms with Crippen molar-refractivity contribution in [2.75, 3.05) is 30.3 Å². The maximum absolute atomic E-state index is 5.57. The summed E-state index contributed by atoms with van der Waals surface area (Å²) in [4.78, 5) is 8.80. The van der Waals surface area contributed by atoms with Gasteiger partial charge in [-0.3, -0.25) is 0 Å². The van der Waals surface area contributed by atoms with Crippen LogP contribution in [0.4, 0.5) is 11.6 Å². The summed E-state index contributed by atoms with van der Waals surface area (Å²) < 4.78 is 5.57. The lowest BCUT2D eigenvalue weighted by atomic mass is 10.0. The van der Waals surface area contributed by atoms with Crippen LogP contribution in [0.25, 0.3) is 0 Å². The number of aromatic nitrogens is 2. The summed E-state index contributed by atoms with van der Waals surface area (Å²) in [5, 5.41) is 6.70. The molecule has 2 heterocycles. The topological polar surface area (TPSA) is 59.1 Å². The third-order valence-corrected chi connectivity index (χ3v) is 3.47. The van der Waals surface area contributed by atoms with Gasteiger partial charge in [0.1, 0.15) is 17.5 Å². The van der Waals surface area contributed by atoms with E-state index in [-0.39, 0.29) is 0 Å². The summed E-state index contributed by atoms with van der Waals surface area (Å²) in [5.41, 5.74) is 0.